The number of benzene rings is 1. The van der Waals surface area contributed by atoms with Crippen LogP contribution in [0.3, 0.4) is 0 Å². The van der Waals surface area contributed by atoms with Gasteiger partial charge in [-0.3, -0.25) is 4.79 Å². The summed E-state index contributed by atoms with van der Waals surface area (Å²) in [6, 6.07) is 6.62. The van der Waals surface area contributed by atoms with Gasteiger partial charge in [-0.05, 0) is 36.0 Å². The summed E-state index contributed by atoms with van der Waals surface area (Å²) in [5.74, 6) is -0.198. The normalized spacial score (nSPS) is 13.7. The Morgan fingerprint density at radius 1 is 1.33 bits per heavy atom. The molecule has 80 valence electrons. The van der Waals surface area contributed by atoms with Crippen molar-refractivity contribution < 1.29 is 9.53 Å². The van der Waals surface area contributed by atoms with Gasteiger partial charge in [0.15, 0.2) is 0 Å². The molecule has 1 aromatic carbocycles. The molecule has 15 heavy (non-hydrogen) atoms. The average Bonchev–Trinajstić information content (AvgIpc) is 2.64. The van der Waals surface area contributed by atoms with Gasteiger partial charge in [0.2, 0.25) is 0 Å². The summed E-state index contributed by atoms with van der Waals surface area (Å²) in [5.41, 5.74) is 4.25. The number of hydrogen-bond donors (Lipinski definition) is 0. The van der Waals surface area contributed by atoms with Gasteiger partial charge in [-0.1, -0.05) is 18.2 Å². The number of aryl methyl sites for hydroxylation is 2. The Bertz CT molecular complexity index is 369. The first-order chi connectivity index (χ1) is 7.25. The van der Waals surface area contributed by atoms with Crippen LogP contribution in [0, 0.1) is 0 Å². The predicted octanol–water partition coefficient (Wildman–Crippen LogP) is 2.28. The SMILES string of the molecule is CC(=O)OCCc1ccc2c(c1)CCC2. The number of fused-ring (bicyclic) bond motifs is 1. The Morgan fingerprint density at radius 2 is 2.13 bits per heavy atom. The average molecular weight is 204 g/mol. The molecule has 0 saturated heterocycles. The maximum Gasteiger partial charge on any atom is 0.302 e. The first-order valence-corrected chi connectivity index (χ1v) is 5.50. The molecule has 2 rings (SSSR count). The fourth-order valence-corrected chi connectivity index (χ4v) is 2.09. The van der Waals surface area contributed by atoms with Crippen LogP contribution in [0.15, 0.2) is 18.2 Å². The summed E-state index contributed by atoms with van der Waals surface area (Å²) in [7, 11) is 0. The number of esters is 1. The summed E-state index contributed by atoms with van der Waals surface area (Å²) >= 11 is 0. The Balaban J connectivity index is 1.95. The molecule has 0 saturated carbocycles. The van der Waals surface area contributed by atoms with E-state index in [1.807, 2.05) is 0 Å². The van der Waals surface area contributed by atoms with Crippen molar-refractivity contribution in [3.8, 4) is 0 Å². The smallest absolute Gasteiger partial charge is 0.302 e. The first-order valence-electron chi connectivity index (χ1n) is 5.50. The van der Waals surface area contributed by atoms with E-state index in [1.54, 1.807) is 0 Å². The van der Waals surface area contributed by atoms with Gasteiger partial charge in [-0.2, -0.15) is 0 Å². The molecule has 1 aliphatic carbocycles. The zero-order valence-corrected chi connectivity index (χ0v) is 9.08. The van der Waals surface area contributed by atoms with E-state index in [1.165, 1.54) is 42.9 Å². The number of hydrogen-bond acceptors (Lipinski definition) is 2. The molecule has 0 aliphatic heterocycles. The number of carbonyl (C=O) groups excluding carboxylic acids is 1. The molecule has 1 aromatic rings. The van der Waals surface area contributed by atoms with Gasteiger partial charge < -0.3 is 4.74 Å². The van der Waals surface area contributed by atoms with Crippen molar-refractivity contribution in [2.24, 2.45) is 0 Å². The topological polar surface area (TPSA) is 26.3 Å². The van der Waals surface area contributed by atoms with E-state index in [9.17, 15) is 4.79 Å². The Labute approximate surface area is 90.3 Å². The number of carbonyl (C=O) groups is 1. The minimum absolute atomic E-state index is 0.198. The van der Waals surface area contributed by atoms with Crippen LogP contribution in [0.4, 0.5) is 0 Å². The molecule has 2 heteroatoms. The highest BCUT2D eigenvalue weighted by Gasteiger charge is 2.10. The maximum atomic E-state index is 10.6. The molecule has 0 heterocycles. The van der Waals surface area contributed by atoms with Gasteiger partial charge in [0, 0.05) is 13.3 Å². The highest BCUT2D eigenvalue weighted by molar-refractivity contribution is 5.65. The second kappa shape index (κ2) is 4.47. The third kappa shape index (κ3) is 2.58. The number of rotatable bonds is 3. The second-order valence-electron chi connectivity index (χ2n) is 4.05. The summed E-state index contributed by atoms with van der Waals surface area (Å²) in [5, 5.41) is 0. The molecular formula is C13H16O2. The summed E-state index contributed by atoms with van der Waals surface area (Å²) < 4.78 is 4.93. The molecule has 0 fully saturated rings. The Hall–Kier alpha value is -1.31. The van der Waals surface area contributed by atoms with E-state index in [0.29, 0.717) is 6.61 Å². The van der Waals surface area contributed by atoms with Crippen LogP contribution in [0.5, 0.6) is 0 Å². The van der Waals surface area contributed by atoms with Crippen molar-refractivity contribution in [2.45, 2.75) is 32.6 Å². The van der Waals surface area contributed by atoms with E-state index in [2.05, 4.69) is 18.2 Å². The van der Waals surface area contributed by atoms with E-state index in [-0.39, 0.29) is 5.97 Å². The minimum Gasteiger partial charge on any atom is -0.466 e. The minimum atomic E-state index is -0.198. The van der Waals surface area contributed by atoms with Crippen LogP contribution in [0.1, 0.15) is 30.0 Å². The molecule has 0 atom stereocenters. The lowest BCUT2D eigenvalue weighted by atomic mass is 10.0. The second-order valence-corrected chi connectivity index (χ2v) is 4.05. The van der Waals surface area contributed by atoms with Crippen molar-refractivity contribution in [3.63, 3.8) is 0 Å². The molecule has 0 unspecified atom stereocenters. The lowest BCUT2D eigenvalue weighted by Gasteiger charge is -2.05. The van der Waals surface area contributed by atoms with E-state index >= 15 is 0 Å². The highest BCUT2D eigenvalue weighted by atomic mass is 16.5. The monoisotopic (exact) mass is 204 g/mol. The van der Waals surface area contributed by atoms with Crippen molar-refractivity contribution >= 4 is 5.97 Å². The van der Waals surface area contributed by atoms with Crippen LogP contribution >= 0.6 is 0 Å². The lowest BCUT2D eigenvalue weighted by molar-refractivity contribution is -0.140. The summed E-state index contributed by atoms with van der Waals surface area (Å²) in [4.78, 5) is 10.6. The standard InChI is InChI=1S/C13H16O2/c1-10(14)15-8-7-11-5-6-12-3-2-4-13(12)9-11/h5-6,9H,2-4,7-8H2,1H3. The molecule has 0 spiro atoms. The zero-order chi connectivity index (χ0) is 10.7. The van der Waals surface area contributed by atoms with Gasteiger partial charge in [0.1, 0.15) is 0 Å². The summed E-state index contributed by atoms with van der Waals surface area (Å²) in [6.45, 7) is 1.94. The molecule has 0 aromatic heterocycles. The molecule has 0 radical (unpaired) electrons. The molecular weight excluding hydrogens is 188 g/mol. The fraction of sp³-hybridized carbons (Fsp3) is 0.462. The van der Waals surface area contributed by atoms with Crippen LogP contribution < -0.4 is 0 Å². The van der Waals surface area contributed by atoms with Gasteiger partial charge in [-0.15, -0.1) is 0 Å². The Kier molecular flexibility index (Phi) is 3.05. The molecule has 0 amide bonds. The molecule has 2 nitrogen and oxygen atoms in total. The third-order valence-electron chi connectivity index (χ3n) is 2.86. The van der Waals surface area contributed by atoms with E-state index < -0.39 is 0 Å². The van der Waals surface area contributed by atoms with Crippen LogP contribution in [-0.4, -0.2) is 12.6 Å². The van der Waals surface area contributed by atoms with Crippen molar-refractivity contribution in [3.05, 3.63) is 34.9 Å². The molecule has 0 bridgehead atoms. The molecule has 0 N–H and O–H groups in total. The van der Waals surface area contributed by atoms with Crippen LogP contribution in [0.2, 0.25) is 0 Å². The zero-order valence-electron chi connectivity index (χ0n) is 9.08. The van der Waals surface area contributed by atoms with E-state index in [4.69, 9.17) is 4.74 Å². The van der Waals surface area contributed by atoms with Gasteiger partial charge in [0.05, 0.1) is 6.61 Å². The Morgan fingerprint density at radius 3 is 2.93 bits per heavy atom. The fourth-order valence-electron chi connectivity index (χ4n) is 2.09. The van der Waals surface area contributed by atoms with Crippen molar-refractivity contribution in [2.75, 3.05) is 6.61 Å². The van der Waals surface area contributed by atoms with Crippen molar-refractivity contribution in [1.29, 1.82) is 0 Å². The maximum absolute atomic E-state index is 10.6. The first kappa shape index (κ1) is 10.2. The number of ether oxygens (including phenoxy) is 1. The largest absolute Gasteiger partial charge is 0.466 e. The molecule has 1 aliphatic rings. The quantitative estimate of drug-likeness (QED) is 0.706. The lowest BCUT2D eigenvalue weighted by Crippen LogP contribution is -2.03. The van der Waals surface area contributed by atoms with E-state index in [0.717, 1.165) is 6.42 Å². The van der Waals surface area contributed by atoms with Gasteiger partial charge in [0.25, 0.3) is 0 Å². The van der Waals surface area contributed by atoms with Crippen molar-refractivity contribution in [1.82, 2.24) is 0 Å². The third-order valence-corrected chi connectivity index (χ3v) is 2.86. The predicted molar refractivity (Wildman–Crippen MR) is 58.8 cm³/mol. The summed E-state index contributed by atoms with van der Waals surface area (Å²) in [6.07, 6.45) is 4.53. The van der Waals surface area contributed by atoms with Gasteiger partial charge >= 0.3 is 5.97 Å². The van der Waals surface area contributed by atoms with Crippen LogP contribution in [0.25, 0.3) is 0 Å². The highest BCUT2D eigenvalue weighted by Crippen LogP contribution is 2.22. The van der Waals surface area contributed by atoms with Gasteiger partial charge in [-0.25, -0.2) is 0 Å². The van der Waals surface area contributed by atoms with Crippen LogP contribution in [-0.2, 0) is 28.8 Å².